The second-order valence-electron chi connectivity index (χ2n) is 7.27. The molecule has 0 radical (unpaired) electrons. The highest BCUT2D eigenvalue weighted by Gasteiger charge is 2.06. The predicted octanol–water partition coefficient (Wildman–Crippen LogP) is 4.08. The summed E-state index contributed by atoms with van der Waals surface area (Å²) in [5.74, 6) is 11.1. The van der Waals surface area contributed by atoms with Crippen LogP contribution in [0.3, 0.4) is 0 Å². The molecule has 0 aromatic rings. The third-order valence-electron chi connectivity index (χ3n) is 4.08. The average Bonchev–Trinajstić information content (AvgIpc) is 2.90. The molecule has 226 valence electrons. The van der Waals surface area contributed by atoms with E-state index in [1.165, 1.54) is 23.5 Å². The molecular formula is C22H42O6S10. The fourth-order valence-corrected chi connectivity index (χ4v) is 13.8. The second-order valence-corrected chi connectivity index (χ2v) is 20.3. The molecule has 0 saturated carbocycles. The number of hydrogen-bond acceptors (Lipinski definition) is 14. The van der Waals surface area contributed by atoms with E-state index in [4.69, 9.17) is 10.2 Å². The highest BCUT2D eigenvalue weighted by Crippen LogP contribution is 2.18. The van der Waals surface area contributed by atoms with E-state index in [1.807, 2.05) is 0 Å². The Balaban J connectivity index is 3.37. The van der Waals surface area contributed by atoms with Crippen LogP contribution in [-0.2, 0) is 31.2 Å². The lowest BCUT2D eigenvalue weighted by molar-refractivity contribution is -0.109. The molecule has 2 N–H and O–H groups in total. The Morgan fingerprint density at radius 1 is 0.526 bits per heavy atom. The van der Waals surface area contributed by atoms with Gasteiger partial charge in [0.1, 0.15) is 0 Å². The molecule has 0 aliphatic carbocycles. The molecule has 2 atom stereocenters. The van der Waals surface area contributed by atoms with Gasteiger partial charge in [0.15, 0.2) is 10.2 Å². The van der Waals surface area contributed by atoms with Gasteiger partial charge in [-0.1, -0.05) is 23.5 Å². The topological polar surface area (TPSA) is 109 Å². The first kappa shape index (κ1) is 40.4. The van der Waals surface area contributed by atoms with Crippen LogP contribution in [0.15, 0.2) is 0 Å². The van der Waals surface area contributed by atoms with Gasteiger partial charge in [0.25, 0.3) is 0 Å². The van der Waals surface area contributed by atoms with Gasteiger partial charge in [0, 0.05) is 109 Å². The molecule has 0 rings (SSSR count). The Kier molecular flexibility index (Phi) is 34.3. The minimum Gasteiger partial charge on any atom is -0.396 e. The molecular weight excluding hydrogens is 681 g/mol. The summed E-state index contributed by atoms with van der Waals surface area (Å²) < 4.78 is 23.7. The zero-order valence-corrected chi connectivity index (χ0v) is 29.9. The fraction of sp³-hybridized carbons (Fsp3) is 0.909. The average molecular weight is 723 g/mol. The van der Waals surface area contributed by atoms with Crippen LogP contribution in [-0.4, -0.2) is 133 Å². The number of rotatable bonds is 29. The number of carbonyl (C=O) groups excluding carboxylic acids is 2. The smallest absolute Gasteiger partial charge is 0.199 e. The number of thioether (sulfide) groups is 8. The molecule has 0 heterocycles. The van der Waals surface area contributed by atoms with Gasteiger partial charge in [-0.2, -0.15) is 47.0 Å². The molecule has 0 aromatic heterocycles. The van der Waals surface area contributed by atoms with Gasteiger partial charge in [-0.3, -0.25) is 18.0 Å². The summed E-state index contributed by atoms with van der Waals surface area (Å²) in [5.41, 5.74) is 0. The minimum absolute atomic E-state index is 0.0999. The maximum absolute atomic E-state index is 12.1. The van der Waals surface area contributed by atoms with Crippen LogP contribution in [0.5, 0.6) is 0 Å². The summed E-state index contributed by atoms with van der Waals surface area (Å²) in [7, 11) is -1.63. The van der Waals surface area contributed by atoms with Crippen molar-refractivity contribution in [3.63, 3.8) is 0 Å². The van der Waals surface area contributed by atoms with Gasteiger partial charge in [-0.15, -0.1) is 23.5 Å². The number of aliphatic hydroxyl groups is 2. The zero-order chi connectivity index (χ0) is 28.1. The molecule has 38 heavy (non-hydrogen) atoms. The van der Waals surface area contributed by atoms with Crippen molar-refractivity contribution in [1.29, 1.82) is 0 Å². The maximum Gasteiger partial charge on any atom is 0.199 e. The van der Waals surface area contributed by atoms with E-state index in [9.17, 15) is 18.0 Å². The summed E-state index contributed by atoms with van der Waals surface area (Å²) in [6, 6.07) is 0. The van der Waals surface area contributed by atoms with Gasteiger partial charge in [0.05, 0.1) is 16.6 Å². The van der Waals surface area contributed by atoms with Crippen molar-refractivity contribution >= 4 is 126 Å². The quantitative estimate of drug-likeness (QED) is 0.0855. The van der Waals surface area contributed by atoms with E-state index in [-0.39, 0.29) is 23.4 Å². The van der Waals surface area contributed by atoms with Crippen LogP contribution >= 0.6 is 94.1 Å². The van der Waals surface area contributed by atoms with E-state index >= 15 is 0 Å². The minimum atomic E-state index is -0.828. The molecule has 0 aliphatic heterocycles. The molecule has 0 amide bonds. The van der Waals surface area contributed by atoms with E-state index < -0.39 is 21.6 Å². The molecule has 0 saturated heterocycles. The lowest BCUT2D eigenvalue weighted by atomic mass is 10.5. The lowest BCUT2D eigenvalue weighted by Gasteiger charge is -2.04. The fourth-order valence-electron chi connectivity index (χ4n) is 2.21. The highest BCUT2D eigenvalue weighted by atomic mass is 32.2. The van der Waals surface area contributed by atoms with Crippen molar-refractivity contribution in [2.75, 3.05) is 104 Å². The van der Waals surface area contributed by atoms with Crippen LogP contribution < -0.4 is 0 Å². The maximum atomic E-state index is 12.1. The number of hydrogen-bond donors (Lipinski definition) is 2. The Morgan fingerprint density at radius 2 is 1.05 bits per heavy atom. The molecule has 0 spiro atoms. The van der Waals surface area contributed by atoms with Crippen LogP contribution in [0.1, 0.15) is 12.8 Å². The molecule has 0 bridgehead atoms. The predicted molar refractivity (Wildman–Crippen MR) is 188 cm³/mol. The number of aliphatic hydroxyl groups excluding tert-OH is 2. The molecule has 0 fully saturated rings. The van der Waals surface area contributed by atoms with Gasteiger partial charge in [-0.25, -0.2) is 0 Å². The third-order valence-corrected chi connectivity index (χ3v) is 17.0. The molecule has 0 aromatic carbocycles. The lowest BCUT2D eigenvalue weighted by Crippen LogP contribution is -2.06. The largest absolute Gasteiger partial charge is 0.396 e. The van der Waals surface area contributed by atoms with Crippen LogP contribution in [0, 0.1) is 0 Å². The van der Waals surface area contributed by atoms with Gasteiger partial charge in [-0.05, 0) is 12.8 Å². The Labute approximate surface area is 268 Å². The Morgan fingerprint density at radius 3 is 1.68 bits per heavy atom. The first-order chi connectivity index (χ1) is 18.5. The molecule has 0 aliphatic rings. The van der Waals surface area contributed by atoms with Crippen LogP contribution in [0.25, 0.3) is 0 Å². The SMILES string of the molecule is O=C(CSCCSCCS(=O)CSCCSCSC(=O)CSCCSCCS(=O)CCCO)SCCCO. The summed E-state index contributed by atoms with van der Waals surface area (Å²) in [4.78, 5) is 23.6. The molecule has 6 nitrogen and oxygen atoms in total. The number of carbonyl (C=O) groups is 2. The van der Waals surface area contributed by atoms with Crippen molar-refractivity contribution < 1.29 is 28.2 Å². The van der Waals surface area contributed by atoms with Crippen molar-refractivity contribution in [1.82, 2.24) is 0 Å². The normalized spacial score (nSPS) is 13.0. The van der Waals surface area contributed by atoms with E-state index in [0.717, 1.165) is 51.1 Å². The second kappa shape index (κ2) is 32.3. The summed E-state index contributed by atoms with van der Waals surface area (Å²) in [6.07, 6.45) is 1.26. The van der Waals surface area contributed by atoms with E-state index in [0.29, 0.717) is 52.4 Å². The van der Waals surface area contributed by atoms with Crippen molar-refractivity contribution in [3.8, 4) is 0 Å². The van der Waals surface area contributed by atoms with Gasteiger partial charge >= 0.3 is 0 Å². The first-order valence-electron chi connectivity index (χ1n) is 12.2. The highest BCUT2D eigenvalue weighted by molar-refractivity contribution is 8.25. The Hall–Kier alpha value is 2.36. The monoisotopic (exact) mass is 722 g/mol. The van der Waals surface area contributed by atoms with E-state index in [1.54, 1.807) is 70.6 Å². The van der Waals surface area contributed by atoms with Crippen molar-refractivity contribution in [3.05, 3.63) is 0 Å². The van der Waals surface area contributed by atoms with Crippen molar-refractivity contribution in [2.45, 2.75) is 12.8 Å². The summed E-state index contributed by atoms with van der Waals surface area (Å²) >= 11 is 13.0. The van der Waals surface area contributed by atoms with Gasteiger partial charge in [0.2, 0.25) is 0 Å². The van der Waals surface area contributed by atoms with Crippen molar-refractivity contribution in [2.24, 2.45) is 0 Å². The van der Waals surface area contributed by atoms with Gasteiger partial charge < -0.3 is 10.2 Å². The van der Waals surface area contributed by atoms with E-state index in [2.05, 4.69) is 0 Å². The first-order valence-corrected chi connectivity index (χ1v) is 24.1. The zero-order valence-electron chi connectivity index (χ0n) is 21.8. The molecule has 2 unspecified atom stereocenters. The summed E-state index contributed by atoms with van der Waals surface area (Å²) in [6.45, 7) is 0.232. The third kappa shape index (κ3) is 31.3. The summed E-state index contributed by atoms with van der Waals surface area (Å²) in [5, 5.41) is 19.3. The molecule has 16 heteroatoms. The van der Waals surface area contributed by atoms with Crippen LogP contribution in [0.4, 0.5) is 0 Å². The van der Waals surface area contributed by atoms with Crippen LogP contribution in [0.2, 0.25) is 0 Å². The standard InChI is InChI=1S/C22H42O6S10/c23-3-1-5-35-21(25)17-31-8-7-30-13-16-38(28)20-34-11-10-33-19-36-22(26)18-32-9-6-29-12-15-37(27)14-2-4-24/h23-24H,1-20H2. The Bertz CT molecular complexity index is 629.